The van der Waals surface area contributed by atoms with Gasteiger partial charge in [-0.1, -0.05) is 0 Å². The number of fused-ring (bicyclic) bond motifs is 1. The minimum Gasteiger partial charge on any atom is -0.290 e. The maximum Gasteiger partial charge on any atom is 0.406 e. The number of piperidine rings is 1. The van der Waals surface area contributed by atoms with Gasteiger partial charge in [0.1, 0.15) is 5.54 Å². The van der Waals surface area contributed by atoms with Crippen LogP contribution in [0.1, 0.15) is 32.1 Å². The van der Waals surface area contributed by atoms with Crippen molar-refractivity contribution in [3.8, 4) is 0 Å². The first kappa shape index (κ1) is 9.31. The molecule has 0 spiro atoms. The SMILES string of the molecule is FC(F)(F)C12CCCCN1CCC2. The van der Waals surface area contributed by atoms with Crippen molar-refractivity contribution >= 4 is 0 Å². The number of hydrogen-bond donors (Lipinski definition) is 0. The van der Waals surface area contributed by atoms with Gasteiger partial charge in [-0.2, -0.15) is 13.2 Å². The van der Waals surface area contributed by atoms with Gasteiger partial charge in [-0.25, -0.2) is 0 Å². The van der Waals surface area contributed by atoms with E-state index in [9.17, 15) is 13.2 Å². The predicted octanol–water partition coefficient (Wildman–Crippen LogP) is 2.57. The van der Waals surface area contributed by atoms with Gasteiger partial charge in [0.05, 0.1) is 0 Å². The van der Waals surface area contributed by atoms with Gasteiger partial charge in [-0.15, -0.1) is 0 Å². The normalized spacial score (nSPS) is 36.2. The minimum absolute atomic E-state index is 0.316. The first-order chi connectivity index (χ1) is 6.06. The maximum atomic E-state index is 12.8. The fraction of sp³-hybridized carbons (Fsp3) is 1.00. The van der Waals surface area contributed by atoms with Crippen LogP contribution in [-0.2, 0) is 0 Å². The molecular formula is C9H14F3N. The van der Waals surface area contributed by atoms with Crippen molar-refractivity contribution in [1.29, 1.82) is 0 Å². The second kappa shape index (κ2) is 2.87. The molecule has 1 unspecified atom stereocenters. The van der Waals surface area contributed by atoms with Gasteiger partial charge in [0, 0.05) is 0 Å². The third kappa shape index (κ3) is 1.26. The summed E-state index contributed by atoms with van der Waals surface area (Å²) in [6.07, 6.45) is -1.02. The first-order valence-corrected chi connectivity index (χ1v) is 4.88. The van der Waals surface area contributed by atoms with Crippen LogP contribution in [0.5, 0.6) is 0 Å². The van der Waals surface area contributed by atoms with Crippen molar-refractivity contribution in [3.05, 3.63) is 0 Å². The molecule has 0 aromatic heterocycles. The van der Waals surface area contributed by atoms with E-state index in [1.54, 1.807) is 4.90 Å². The van der Waals surface area contributed by atoms with Gasteiger partial charge in [-0.3, -0.25) is 4.90 Å². The molecule has 1 nitrogen and oxygen atoms in total. The zero-order valence-electron chi connectivity index (χ0n) is 7.53. The molecule has 0 amide bonds. The Morgan fingerprint density at radius 1 is 0.923 bits per heavy atom. The Bertz CT molecular complexity index is 202. The van der Waals surface area contributed by atoms with E-state index in [1.807, 2.05) is 0 Å². The van der Waals surface area contributed by atoms with Crippen LogP contribution >= 0.6 is 0 Å². The van der Waals surface area contributed by atoms with E-state index in [1.165, 1.54) is 0 Å². The van der Waals surface area contributed by atoms with Crippen LogP contribution < -0.4 is 0 Å². The fourth-order valence-electron chi connectivity index (χ4n) is 2.73. The Hall–Kier alpha value is -0.250. The number of hydrogen-bond acceptors (Lipinski definition) is 1. The topological polar surface area (TPSA) is 3.24 Å². The monoisotopic (exact) mass is 193 g/mol. The summed E-state index contributed by atoms with van der Waals surface area (Å²) in [5.74, 6) is 0. The summed E-state index contributed by atoms with van der Waals surface area (Å²) in [5.41, 5.74) is -1.44. The molecule has 0 radical (unpaired) electrons. The first-order valence-electron chi connectivity index (χ1n) is 4.88. The Balaban J connectivity index is 2.26. The Morgan fingerprint density at radius 3 is 2.15 bits per heavy atom. The van der Waals surface area contributed by atoms with Crippen LogP contribution in [0.3, 0.4) is 0 Å². The lowest BCUT2D eigenvalue weighted by Gasteiger charge is -2.43. The lowest BCUT2D eigenvalue weighted by Crippen LogP contribution is -2.57. The number of alkyl halides is 3. The molecule has 13 heavy (non-hydrogen) atoms. The quantitative estimate of drug-likeness (QED) is 0.571. The van der Waals surface area contributed by atoms with E-state index in [-0.39, 0.29) is 0 Å². The largest absolute Gasteiger partial charge is 0.406 e. The van der Waals surface area contributed by atoms with E-state index >= 15 is 0 Å². The molecular weight excluding hydrogens is 179 g/mol. The molecule has 0 bridgehead atoms. The van der Waals surface area contributed by atoms with Crippen molar-refractivity contribution in [2.24, 2.45) is 0 Å². The molecule has 0 aliphatic carbocycles. The highest BCUT2D eigenvalue weighted by molar-refractivity contribution is 5.03. The van der Waals surface area contributed by atoms with Crippen LogP contribution in [0.4, 0.5) is 13.2 Å². The number of rotatable bonds is 0. The smallest absolute Gasteiger partial charge is 0.290 e. The number of halogens is 3. The zero-order valence-corrected chi connectivity index (χ0v) is 7.53. The molecule has 2 heterocycles. The highest BCUT2D eigenvalue weighted by atomic mass is 19.4. The lowest BCUT2D eigenvalue weighted by atomic mass is 9.86. The summed E-state index contributed by atoms with van der Waals surface area (Å²) in [6, 6.07) is 0. The van der Waals surface area contributed by atoms with Crippen LogP contribution in [0, 0.1) is 0 Å². The molecule has 2 aliphatic rings. The Labute approximate surface area is 75.9 Å². The van der Waals surface area contributed by atoms with Crippen LogP contribution in [0.15, 0.2) is 0 Å². The fourth-order valence-corrected chi connectivity index (χ4v) is 2.73. The van der Waals surface area contributed by atoms with Crippen LogP contribution in [0.25, 0.3) is 0 Å². The molecule has 2 rings (SSSR count). The van der Waals surface area contributed by atoms with Crippen LogP contribution in [-0.4, -0.2) is 29.7 Å². The van der Waals surface area contributed by atoms with E-state index in [0.717, 1.165) is 12.8 Å². The summed E-state index contributed by atoms with van der Waals surface area (Å²) >= 11 is 0. The summed E-state index contributed by atoms with van der Waals surface area (Å²) in [4.78, 5) is 1.65. The summed E-state index contributed by atoms with van der Waals surface area (Å²) < 4.78 is 38.5. The highest BCUT2D eigenvalue weighted by Gasteiger charge is 2.60. The van der Waals surface area contributed by atoms with Gasteiger partial charge in [0.15, 0.2) is 0 Å². The third-order valence-electron chi connectivity index (χ3n) is 3.42. The number of nitrogens with zero attached hydrogens (tertiary/aromatic N) is 1. The highest BCUT2D eigenvalue weighted by Crippen LogP contribution is 2.48. The van der Waals surface area contributed by atoms with Crippen molar-refractivity contribution in [2.45, 2.75) is 43.8 Å². The van der Waals surface area contributed by atoms with E-state index in [4.69, 9.17) is 0 Å². The standard InChI is InChI=1S/C9H14F3N/c10-9(11,12)8-4-1-2-6-13(8)7-3-5-8/h1-7H2. The van der Waals surface area contributed by atoms with Crippen molar-refractivity contribution in [3.63, 3.8) is 0 Å². The summed E-state index contributed by atoms with van der Waals surface area (Å²) in [7, 11) is 0. The lowest BCUT2D eigenvalue weighted by molar-refractivity contribution is -0.231. The summed E-state index contributed by atoms with van der Waals surface area (Å²) in [6.45, 7) is 1.28. The average molecular weight is 193 g/mol. The average Bonchev–Trinajstić information content (AvgIpc) is 2.46. The van der Waals surface area contributed by atoms with Crippen LogP contribution in [0.2, 0.25) is 0 Å². The summed E-state index contributed by atoms with van der Waals surface area (Å²) in [5, 5.41) is 0. The predicted molar refractivity (Wildman–Crippen MR) is 43.4 cm³/mol. The third-order valence-corrected chi connectivity index (χ3v) is 3.42. The van der Waals surface area contributed by atoms with Gasteiger partial charge < -0.3 is 0 Å². The van der Waals surface area contributed by atoms with Gasteiger partial charge in [0.2, 0.25) is 0 Å². The van der Waals surface area contributed by atoms with Crippen molar-refractivity contribution < 1.29 is 13.2 Å². The second-order valence-electron chi connectivity index (χ2n) is 4.08. The van der Waals surface area contributed by atoms with E-state index in [2.05, 4.69) is 0 Å². The molecule has 4 heteroatoms. The second-order valence-corrected chi connectivity index (χ2v) is 4.08. The molecule has 2 aliphatic heterocycles. The molecule has 0 saturated carbocycles. The van der Waals surface area contributed by atoms with Gasteiger partial charge >= 0.3 is 6.18 Å². The molecule has 2 fully saturated rings. The molecule has 0 N–H and O–H groups in total. The zero-order chi connectivity index (χ0) is 9.53. The molecule has 2 saturated heterocycles. The van der Waals surface area contributed by atoms with Crippen molar-refractivity contribution in [1.82, 2.24) is 4.90 Å². The van der Waals surface area contributed by atoms with Crippen molar-refractivity contribution in [2.75, 3.05) is 13.1 Å². The molecule has 0 aromatic rings. The minimum atomic E-state index is -4.02. The van der Waals surface area contributed by atoms with E-state index in [0.29, 0.717) is 32.4 Å². The Morgan fingerprint density at radius 2 is 1.54 bits per heavy atom. The maximum absolute atomic E-state index is 12.8. The molecule has 1 atom stereocenters. The van der Waals surface area contributed by atoms with Gasteiger partial charge in [0.25, 0.3) is 0 Å². The molecule has 0 aromatic carbocycles. The van der Waals surface area contributed by atoms with E-state index < -0.39 is 11.7 Å². The Kier molecular flexibility index (Phi) is 2.06. The van der Waals surface area contributed by atoms with Gasteiger partial charge in [-0.05, 0) is 45.2 Å². The molecule has 76 valence electrons.